The van der Waals surface area contributed by atoms with Gasteiger partial charge in [-0.3, -0.25) is 0 Å². The Bertz CT molecular complexity index is 536. The number of hydrogen-bond acceptors (Lipinski definition) is 5. The quantitative estimate of drug-likeness (QED) is 0.888. The highest BCUT2D eigenvalue weighted by Gasteiger charge is 2.12. The van der Waals surface area contributed by atoms with Crippen molar-refractivity contribution in [3.8, 4) is 0 Å². The van der Waals surface area contributed by atoms with Crippen molar-refractivity contribution in [3.05, 3.63) is 33.9 Å². The Kier molecular flexibility index (Phi) is 3.81. The van der Waals surface area contributed by atoms with Gasteiger partial charge in [-0.25, -0.2) is 9.97 Å². The van der Waals surface area contributed by atoms with Crippen LogP contribution in [0.2, 0.25) is 0 Å². The first-order chi connectivity index (χ1) is 8.61. The molecule has 2 heterocycles. The maximum Gasteiger partial charge on any atom is 0.149 e. The molecule has 0 aliphatic carbocycles. The van der Waals surface area contributed by atoms with Gasteiger partial charge in [0.25, 0.3) is 0 Å². The summed E-state index contributed by atoms with van der Waals surface area (Å²) in [7, 11) is 0. The van der Waals surface area contributed by atoms with E-state index in [-0.39, 0.29) is 6.04 Å². The van der Waals surface area contributed by atoms with Crippen LogP contribution in [0.15, 0.2) is 18.5 Å². The average Bonchev–Trinajstić information content (AvgIpc) is 2.83. The van der Waals surface area contributed by atoms with Gasteiger partial charge in [-0.15, -0.1) is 11.3 Å². The Labute approximate surface area is 111 Å². The molecule has 0 radical (unpaired) electrons. The number of pyridine rings is 1. The SMILES string of the molecule is CCc1cnc(C(C)Nc2nccc(C)c2N)s1. The van der Waals surface area contributed by atoms with Crippen LogP contribution in [0.5, 0.6) is 0 Å². The Hall–Kier alpha value is -1.62. The summed E-state index contributed by atoms with van der Waals surface area (Å²) < 4.78 is 0. The molecule has 2 aromatic heterocycles. The molecular formula is C13H18N4S. The summed E-state index contributed by atoms with van der Waals surface area (Å²) >= 11 is 1.73. The zero-order valence-electron chi connectivity index (χ0n) is 10.9. The normalized spacial score (nSPS) is 12.4. The third-order valence-corrected chi connectivity index (χ3v) is 4.18. The van der Waals surface area contributed by atoms with Gasteiger partial charge in [0.15, 0.2) is 0 Å². The van der Waals surface area contributed by atoms with Crippen molar-refractivity contribution in [3.63, 3.8) is 0 Å². The second-order valence-electron chi connectivity index (χ2n) is 4.27. The maximum atomic E-state index is 6.00. The van der Waals surface area contributed by atoms with Gasteiger partial charge >= 0.3 is 0 Å². The fraction of sp³-hybridized carbons (Fsp3) is 0.385. The molecule has 96 valence electrons. The molecule has 0 aliphatic rings. The summed E-state index contributed by atoms with van der Waals surface area (Å²) in [5.74, 6) is 0.732. The van der Waals surface area contributed by atoms with E-state index in [0.717, 1.165) is 22.8 Å². The zero-order chi connectivity index (χ0) is 13.1. The monoisotopic (exact) mass is 262 g/mol. The number of aryl methyl sites for hydroxylation is 2. The third kappa shape index (κ3) is 2.61. The highest BCUT2D eigenvalue weighted by molar-refractivity contribution is 7.11. The molecule has 0 saturated heterocycles. The minimum atomic E-state index is 0.117. The number of nitrogens with one attached hydrogen (secondary N) is 1. The number of hydrogen-bond donors (Lipinski definition) is 2. The first-order valence-electron chi connectivity index (χ1n) is 6.04. The lowest BCUT2D eigenvalue weighted by Gasteiger charge is -2.14. The van der Waals surface area contributed by atoms with E-state index in [1.807, 2.05) is 19.2 Å². The fourth-order valence-corrected chi connectivity index (χ4v) is 2.50. The lowest BCUT2D eigenvalue weighted by atomic mass is 10.2. The van der Waals surface area contributed by atoms with E-state index in [1.54, 1.807) is 17.5 Å². The molecule has 0 spiro atoms. The highest BCUT2D eigenvalue weighted by atomic mass is 32.1. The summed E-state index contributed by atoms with van der Waals surface area (Å²) in [6.45, 7) is 6.18. The van der Waals surface area contributed by atoms with Crippen LogP contribution < -0.4 is 11.1 Å². The van der Waals surface area contributed by atoms with E-state index in [9.17, 15) is 0 Å². The molecule has 0 aliphatic heterocycles. The molecule has 5 heteroatoms. The maximum absolute atomic E-state index is 6.00. The van der Waals surface area contributed by atoms with Gasteiger partial charge in [0.2, 0.25) is 0 Å². The third-order valence-electron chi connectivity index (χ3n) is 2.85. The van der Waals surface area contributed by atoms with Gasteiger partial charge in [0.1, 0.15) is 10.8 Å². The van der Waals surface area contributed by atoms with E-state index in [2.05, 4.69) is 29.1 Å². The molecule has 4 nitrogen and oxygen atoms in total. The summed E-state index contributed by atoms with van der Waals surface area (Å²) in [5, 5.41) is 4.38. The Morgan fingerprint density at radius 3 is 2.89 bits per heavy atom. The number of aromatic nitrogens is 2. The van der Waals surface area contributed by atoms with Crippen LogP contribution in [0.3, 0.4) is 0 Å². The molecule has 0 aromatic carbocycles. The van der Waals surface area contributed by atoms with Crippen LogP contribution in [-0.4, -0.2) is 9.97 Å². The van der Waals surface area contributed by atoms with E-state index >= 15 is 0 Å². The first kappa shape index (κ1) is 12.8. The van der Waals surface area contributed by atoms with Crippen molar-refractivity contribution in [1.29, 1.82) is 0 Å². The highest BCUT2D eigenvalue weighted by Crippen LogP contribution is 2.26. The Morgan fingerprint density at radius 2 is 2.22 bits per heavy atom. The molecule has 2 rings (SSSR count). The standard InChI is InChI=1S/C13H18N4S/c1-4-10-7-16-13(18-10)9(3)17-12-11(14)8(2)5-6-15-12/h5-7,9H,4,14H2,1-3H3,(H,15,17). The second kappa shape index (κ2) is 5.35. The van der Waals surface area contributed by atoms with E-state index in [4.69, 9.17) is 5.73 Å². The smallest absolute Gasteiger partial charge is 0.149 e. The lowest BCUT2D eigenvalue weighted by Crippen LogP contribution is -2.10. The van der Waals surface area contributed by atoms with E-state index in [0.29, 0.717) is 5.69 Å². The van der Waals surface area contributed by atoms with Crippen LogP contribution in [0, 0.1) is 6.92 Å². The first-order valence-corrected chi connectivity index (χ1v) is 6.85. The Morgan fingerprint density at radius 1 is 1.44 bits per heavy atom. The minimum Gasteiger partial charge on any atom is -0.396 e. The van der Waals surface area contributed by atoms with Crippen molar-refractivity contribution in [2.75, 3.05) is 11.1 Å². The molecule has 0 saturated carbocycles. The van der Waals surface area contributed by atoms with E-state index < -0.39 is 0 Å². The van der Waals surface area contributed by atoms with Crippen LogP contribution in [0.1, 0.15) is 35.3 Å². The number of rotatable bonds is 4. The largest absolute Gasteiger partial charge is 0.396 e. The number of nitrogens with zero attached hydrogens (tertiary/aromatic N) is 2. The van der Waals surface area contributed by atoms with Gasteiger partial charge < -0.3 is 11.1 Å². The molecule has 0 bridgehead atoms. The fourth-order valence-electron chi connectivity index (χ4n) is 1.64. The second-order valence-corrected chi connectivity index (χ2v) is 5.42. The van der Waals surface area contributed by atoms with Crippen LogP contribution in [0.25, 0.3) is 0 Å². The van der Waals surface area contributed by atoms with Gasteiger partial charge in [-0.1, -0.05) is 6.92 Å². The van der Waals surface area contributed by atoms with Crippen molar-refractivity contribution in [2.45, 2.75) is 33.2 Å². The molecule has 3 N–H and O–H groups in total. The predicted molar refractivity (Wildman–Crippen MR) is 76.9 cm³/mol. The molecule has 18 heavy (non-hydrogen) atoms. The average molecular weight is 262 g/mol. The summed E-state index contributed by atoms with van der Waals surface area (Å²) in [5.41, 5.74) is 7.74. The molecule has 0 amide bonds. The number of nitrogen functional groups attached to an aromatic ring is 1. The molecule has 0 fully saturated rings. The van der Waals surface area contributed by atoms with Crippen molar-refractivity contribution >= 4 is 22.8 Å². The topological polar surface area (TPSA) is 63.8 Å². The molecule has 1 atom stereocenters. The molecular weight excluding hydrogens is 244 g/mol. The van der Waals surface area contributed by atoms with Crippen LogP contribution in [0.4, 0.5) is 11.5 Å². The van der Waals surface area contributed by atoms with Gasteiger partial charge in [-0.2, -0.15) is 0 Å². The van der Waals surface area contributed by atoms with Gasteiger partial charge in [0, 0.05) is 17.3 Å². The van der Waals surface area contributed by atoms with Crippen molar-refractivity contribution in [1.82, 2.24) is 9.97 Å². The minimum absolute atomic E-state index is 0.117. The zero-order valence-corrected chi connectivity index (χ0v) is 11.7. The summed E-state index contributed by atoms with van der Waals surface area (Å²) in [6, 6.07) is 2.02. The van der Waals surface area contributed by atoms with E-state index in [1.165, 1.54) is 4.88 Å². The van der Waals surface area contributed by atoms with Gasteiger partial charge in [0.05, 0.1) is 11.7 Å². The Balaban J connectivity index is 2.15. The van der Waals surface area contributed by atoms with Crippen LogP contribution in [-0.2, 0) is 6.42 Å². The summed E-state index contributed by atoms with van der Waals surface area (Å²) in [4.78, 5) is 9.99. The van der Waals surface area contributed by atoms with Crippen molar-refractivity contribution < 1.29 is 0 Å². The summed E-state index contributed by atoms with van der Waals surface area (Å²) in [6.07, 6.45) is 4.72. The number of thiazole rings is 1. The van der Waals surface area contributed by atoms with Crippen LogP contribution >= 0.6 is 11.3 Å². The molecule has 1 unspecified atom stereocenters. The lowest BCUT2D eigenvalue weighted by molar-refractivity contribution is 0.861. The van der Waals surface area contributed by atoms with Gasteiger partial charge in [-0.05, 0) is 31.9 Å². The predicted octanol–water partition coefficient (Wildman–Crippen LogP) is 3.16. The molecule has 2 aromatic rings. The van der Waals surface area contributed by atoms with Crippen molar-refractivity contribution in [2.24, 2.45) is 0 Å². The number of nitrogens with two attached hydrogens (primary N) is 1. The number of anilines is 2.